The van der Waals surface area contributed by atoms with Crippen LogP contribution in [0.3, 0.4) is 0 Å². The van der Waals surface area contributed by atoms with E-state index >= 15 is 0 Å². The number of carbonyl (C=O) groups excluding carboxylic acids is 2. The zero-order valence-electron chi connectivity index (χ0n) is 16.8. The van der Waals surface area contributed by atoms with Crippen LogP contribution >= 0.6 is 11.8 Å². The van der Waals surface area contributed by atoms with Crippen molar-refractivity contribution >= 4 is 35.0 Å². The number of hydrogen-bond acceptors (Lipinski definition) is 4. The van der Waals surface area contributed by atoms with Crippen LogP contribution in [0.4, 0.5) is 11.4 Å². The molecule has 0 aromatic heterocycles. The summed E-state index contributed by atoms with van der Waals surface area (Å²) in [6.07, 6.45) is 4.74. The normalized spacial score (nSPS) is 19.1. The second kappa shape index (κ2) is 8.91. The van der Waals surface area contributed by atoms with Crippen LogP contribution in [-0.2, 0) is 16.1 Å². The molecule has 2 saturated heterocycles. The fourth-order valence-electron chi connectivity index (χ4n) is 4.15. The maximum Gasteiger partial charge on any atom is 0.227 e. The lowest BCUT2D eigenvalue weighted by Gasteiger charge is -2.22. The van der Waals surface area contributed by atoms with Gasteiger partial charge in [-0.15, -0.1) is 11.8 Å². The molecule has 1 atom stereocenters. The first-order valence-corrected chi connectivity index (χ1v) is 11.4. The van der Waals surface area contributed by atoms with Crippen molar-refractivity contribution in [2.24, 2.45) is 5.92 Å². The van der Waals surface area contributed by atoms with Gasteiger partial charge in [-0.2, -0.15) is 0 Å². The summed E-state index contributed by atoms with van der Waals surface area (Å²) in [4.78, 5) is 30.5. The van der Waals surface area contributed by atoms with Gasteiger partial charge in [0.05, 0.1) is 5.92 Å². The lowest BCUT2D eigenvalue weighted by Crippen LogP contribution is -2.33. The molecule has 152 valence electrons. The summed E-state index contributed by atoms with van der Waals surface area (Å²) < 4.78 is 0. The number of nitrogens with one attached hydrogen (secondary N) is 1. The van der Waals surface area contributed by atoms with E-state index in [1.165, 1.54) is 18.5 Å². The molecule has 2 amide bonds. The monoisotopic (exact) mass is 409 g/mol. The Morgan fingerprint density at radius 3 is 2.55 bits per heavy atom. The average molecular weight is 410 g/mol. The molecule has 2 aliphatic rings. The first-order valence-electron chi connectivity index (χ1n) is 10.2. The summed E-state index contributed by atoms with van der Waals surface area (Å²) in [6.45, 7) is 3.09. The number of carbonyl (C=O) groups is 2. The summed E-state index contributed by atoms with van der Waals surface area (Å²) in [7, 11) is 0. The van der Waals surface area contributed by atoms with E-state index < -0.39 is 0 Å². The van der Waals surface area contributed by atoms with Gasteiger partial charge in [-0.25, -0.2) is 0 Å². The number of amides is 2. The maximum atomic E-state index is 12.8. The fraction of sp³-hybridized carbons (Fsp3) is 0.391. The van der Waals surface area contributed by atoms with Crippen LogP contribution in [0.5, 0.6) is 0 Å². The van der Waals surface area contributed by atoms with Gasteiger partial charge in [0.25, 0.3) is 0 Å². The Kier molecular flexibility index (Phi) is 6.09. The van der Waals surface area contributed by atoms with E-state index in [-0.39, 0.29) is 24.2 Å². The molecular formula is C23H27N3O2S. The van der Waals surface area contributed by atoms with E-state index in [0.717, 1.165) is 29.2 Å². The fourth-order valence-corrected chi connectivity index (χ4v) is 4.56. The first kappa shape index (κ1) is 19.8. The first-order chi connectivity index (χ1) is 14.2. The largest absolute Gasteiger partial charge is 0.371 e. The number of para-hydroxylation sites is 1. The minimum atomic E-state index is -0.304. The van der Waals surface area contributed by atoms with Crippen LogP contribution in [0.1, 0.15) is 24.8 Å². The van der Waals surface area contributed by atoms with E-state index in [9.17, 15) is 9.59 Å². The summed E-state index contributed by atoms with van der Waals surface area (Å²) in [5.74, 6) is -0.334. The highest BCUT2D eigenvalue weighted by Gasteiger charge is 2.35. The van der Waals surface area contributed by atoms with Crippen LogP contribution in [0.2, 0.25) is 0 Å². The molecule has 6 heteroatoms. The van der Waals surface area contributed by atoms with Crippen molar-refractivity contribution in [1.82, 2.24) is 5.32 Å². The second-order valence-corrected chi connectivity index (χ2v) is 8.52. The quantitative estimate of drug-likeness (QED) is 0.740. The summed E-state index contributed by atoms with van der Waals surface area (Å²) in [5, 5.41) is 3.07. The molecule has 5 nitrogen and oxygen atoms in total. The predicted octanol–water partition coefficient (Wildman–Crippen LogP) is 3.68. The van der Waals surface area contributed by atoms with Crippen LogP contribution in [-0.4, -0.2) is 37.7 Å². The number of hydrogen-bond donors (Lipinski definition) is 1. The van der Waals surface area contributed by atoms with Gasteiger partial charge in [-0.3, -0.25) is 9.59 Å². The van der Waals surface area contributed by atoms with Crippen molar-refractivity contribution in [1.29, 1.82) is 0 Å². The highest BCUT2D eigenvalue weighted by Crippen LogP contribution is 2.28. The van der Waals surface area contributed by atoms with Gasteiger partial charge < -0.3 is 15.1 Å². The molecule has 2 heterocycles. The van der Waals surface area contributed by atoms with E-state index in [2.05, 4.69) is 28.4 Å². The molecule has 2 aliphatic heterocycles. The third kappa shape index (κ3) is 4.42. The number of rotatable bonds is 6. The van der Waals surface area contributed by atoms with Crippen LogP contribution in [0.15, 0.2) is 53.4 Å². The van der Waals surface area contributed by atoms with Gasteiger partial charge >= 0.3 is 0 Å². The SMILES string of the molecule is CSc1ccc(N2CC(C(=O)NCc3ccccc3N3CCCC3)CC2=O)cc1. The van der Waals surface area contributed by atoms with Gasteiger partial charge in [0.15, 0.2) is 0 Å². The predicted molar refractivity (Wildman–Crippen MR) is 118 cm³/mol. The van der Waals surface area contributed by atoms with E-state index in [1.807, 2.05) is 36.6 Å². The number of benzene rings is 2. The van der Waals surface area contributed by atoms with E-state index in [1.54, 1.807) is 16.7 Å². The minimum Gasteiger partial charge on any atom is -0.371 e. The van der Waals surface area contributed by atoms with Gasteiger partial charge in [0.1, 0.15) is 0 Å². The van der Waals surface area contributed by atoms with Crippen molar-refractivity contribution in [3.05, 3.63) is 54.1 Å². The third-order valence-electron chi connectivity index (χ3n) is 5.77. The minimum absolute atomic E-state index is 0.0134. The highest BCUT2D eigenvalue weighted by atomic mass is 32.2. The molecule has 2 aromatic rings. The number of anilines is 2. The van der Waals surface area contributed by atoms with Crippen molar-refractivity contribution in [2.45, 2.75) is 30.7 Å². The molecular weight excluding hydrogens is 382 g/mol. The van der Waals surface area contributed by atoms with Gasteiger partial charge in [0.2, 0.25) is 11.8 Å². The molecule has 0 bridgehead atoms. The summed E-state index contributed by atoms with van der Waals surface area (Å²) in [5.41, 5.74) is 3.21. The van der Waals surface area contributed by atoms with Gasteiger partial charge in [-0.05, 0) is 55.0 Å². The van der Waals surface area contributed by atoms with Crippen molar-refractivity contribution in [2.75, 3.05) is 35.7 Å². The van der Waals surface area contributed by atoms with E-state index in [0.29, 0.717) is 13.1 Å². The molecule has 29 heavy (non-hydrogen) atoms. The Morgan fingerprint density at radius 2 is 1.83 bits per heavy atom. The Morgan fingerprint density at radius 1 is 1.10 bits per heavy atom. The smallest absolute Gasteiger partial charge is 0.227 e. The zero-order valence-corrected chi connectivity index (χ0v) is 17.6. The van der Waals surface area contributed by atoms with E-state index in [4.69, 9.17) is 0 Å². The second-order valence-electron chi connectivity index (χ2n) is 7.64. The Hall–Kier alpha value is -2.47. The standard InChI is InChI=1S/C23H27N3O2S/c1-29-20-10-8-19(9-11-20)26-16-18(14-22(26)27)23(28)24-15-17-6-2-3-7-21(17)25-12-4-5-13-25/h2-3,6-11,18H,4-5,12-16H2,1H3,(H,24,28). The Balaban J connectivity index is 1.38. The van der Waals surface area contributed by atoms with Crippen LogP contribution in [0, 0.1) is 5.92 Å². The highest BCUT2D eigenvalue weighted by molar-refractivity contribution is 7.98. The molecule has 1 unspecified atom stereocenters. The summed E-state index contributed by atoms with van der Waals surface area (Å²) in [6, 6.07) is 16.2. The topological polar surface area (TPSA) is 52.7 Å². The van der Waals surface area contributed by atoms with Crippen molar-refractivity contribution in [3.63, 3.8) is 0 Å². The molecule has 0 saturated carbocycles. The molecule has 4 rings (SSSR count). The summed E-state index contributed by atoms with van der Waals surface area (Å²) >= 11 is 1.67. The van der Waals surface area contributed by atoms with Crippen LogP contribution < -0.4 is 15.1 Å². The maximum absolute atomic E-state index is 12.8. The van der Waals surface area contributed by atoms with Crippen molar-refractivity contribution < 1.29 is 9.59 Å². The lowest BCUT2D eigenvalue weighted by atomic mass is 10.1. The molecule has 0 aliphatic carbocycles. The Labute approximate surface area is 176 Å². The van der Waals surface area contributed by atoms with Gasteiger partial charge in [0, 0.05) is 48.9 Å². The third-order valence-corrected chi connectivity index (χ3v) is 6.51. The lowest BCUT2D eigenvalue weighted by molar-refractivity contribution is -0.126. The Bertz CT molecular complexity index is 878. The molecule has 0 spiro atoms. The molecule has 0 radical (unpaired) electrons. The van der Waals surface area contributed by atoms with Crippen molar-refractivity contribution in [3.8, 4) is 0 Å². The number of thioether (sulfide) groups is 1. The average Bonchev–Trinajstić information content (AvgIpc) is 3.42. The molecule has 2 aromatic carbocycles. The molecule has 1 N–H and O–H groups in total. The number of nitrogens with zero attached hydrogens (tertiary/aromatic N) is 2. The van der Waals surface area contributed by atoms with Gasteiger partial charge in [-0.1, -0.05) is 18.2 Å². The zero-order chi connectivity index (χ0) is 20.2. The van der Waals surface area contributed by atoms with Crippen LogP contribution in [0.25, 0.3) is 0 Å². The molecule has 2 fully saturated rings.